The summed E-state index contributed by atoms with van der Waals surface area (Å²) in [5, 5.41) is 12.7. The zero-order chi connectivity index (χ0) is 19.7. The molecule has 1 atom stereocenters. The minimum Gasteiger partial charge on any atom is -0.478 e. The molecule has 0 bridgehead atoms. The van der Waals surface area contributed by atoms with Crippen LogP contribution < -0.4 is 10.1 Å². The van der Waals surface area contributed by atoms with Gasteiger partial charge in [0.05, 0.1) is 5.57 Å². The van der Waals surface area contributed by atoms with E-state index in [1.807, 2.05) is 20.8 Å². The van der Waals surface area contributed by atoms with Crippen molar-refractivity contribution in [2.24, 2.45) is 0 Å². The Hall–Kier alpha value is -1.44. The Morgan fingerprint density at radius 2 is 1.96 bits per heavy atom. The van der Waals surface area contributed by atoms with Crippen LogP contribution in [0.2, 0.25) is 5.02 Å². The second-order valence-corrected chi connectivity index (χ2v) is 7.28. The minimum absolute atomic E-state index is 0. The van der Waals surface area contributed by atoms with Crippen molar-refractivity contribution in [1.29, 1.82) is 0 Å². The maximum atomic E-state index is 13.2. The largest absolute Gasteiger partial charge is 0.478 e. The van der Waals surface area contributed by atoms with E-state index in [1.165, 1.54) is 12.1 Å². The maximum absolute atomic E-state index is 13.2. The molecule has 1 aromatic rings. The summed E-state index contributed by atoms with van der Waals surface area (Å²) in [7, 11) is 0. The highest BCUT2D eigenvalue weighted by Gasteiger charge is 2.48. The molecule has 1 aromatic carbocycles. The van der Waals surface area contributed by atoms with Crippen LogP contribution in [-0.4, -0.2) is 36.4 Å². The van der Waals surface area contributed by atoms with E-state index in [2.05, 4.69) is 5.32 Å². The highest BCUT2D eigenvalue weighted by molar-refractivity contribution is 6.31. The number of hydrogen-bond donors (Lipinski definition) is 2. The molecule has 2 rings (SSSR count). The number of nitrogens with one attached hydrogen (secondary N) is 1. The molecule has 1 aliphatic heterocycles. The molecule has 0 aliphatic carbocycles. The van der Waals surface area contributed by atoms with Gasteiger partial charge in [0, 0.05) is 22.5 Å². The zero-order valence-electron chi connectivity index (χ0n) is 15.1. The Kier molecular flexibility index (Phi) is 7.61. The molecule has 2 N–H and O–H groups in total. The molecular formula is C18H22Cl2F3NO3. The van der Waals surface area contributed by atoms with Gasteiger partial charge in [0.15, 0.2) is 0 Å². The van der Waals surface area contributed by atoms with Gasteiger partial charge in [0.1, 0.15) is 5.75 Å². The predicted molar refractivity (Wildman–Crippen MR) is 101 cm³/mol. The molecule has 0 saturated carbocycles. The summed E-state index contributed by atoms with van der Waals surface area (Å²) < 4.78 is 44.6. The first-order chi connectivity index (χ1) is 12.0. The van der Waals surface area contributed by atoms with Crippen LogP contribution in [0.1, 0.15) is 38.3 Å². The second kappa shape index (κ2) is 8.71. The lowest BCUT2D eigenvalue weighted by atomic mass is 9.83. The summed E-state index contributed by atoms with van der Waals surface area (Å²) in [6.45, 7) is 7.27. The molecule has 152 valence electrons. The van der Waals surface area contributed by atoms with E-state index < -0.39 is 29.2 Å². The van der Waals surface area contributed by atoms with Crippen molar-refractivity contribution < 1.29 is 27.8 Å². The number of benzene rings is 1. The molecule has 0 spiro atoms. The second-order valence-electron chi connectivity index (χ2n) is 6.87. The lowest BCUT2D eigenvalue weighted by molar-refractivity contribution is -0.187. The normalized spacial score (nSPS) is 16.7. The summed E-state index contributed by atoms with van der Waals surface area (Å²) in [5.41, 5.74) is -0.462. The fourth-order valence-electron chi connectivity index (χ4n) is 2.83. The third kappa shape index (κ3) is 5.30. The molecule has 1 heterocycles. The van der Waals surface area contributed by atoms with E-state index in [-0.39, 0.29) is 23.7 Å². The minimum atomic E-state index is -4.83. The summed E-state index contributed by atoms with van der Waals surface area (Å²) in [4.78, 5) is 11.2. The average molecular weight is 428 g/mol. The van der Waals surface area contributed by atoms with E-state index >= 15 is 0 Å². The molecule has 0 saturated heterocycles. The highest BCUT2D eigenvalue weighted by Crippen LogP contribution is 2.41. The number of ether oxygens (including phenoxy) is 1. The molecule has 0 aromatic heterocycles. The molecule has 0 fully saturated rings. The van der Waals surface area contributed by atoms with Gasteiger partial charge in [-0.15, -0.1) is 12.4 Å². The van der Waals surface area contributed by atoms with Gasteiger partial charge < -0.3 is 15.2 Å². The number of alkyl halides is 3. The van der Waals surface area contributed by atoms with Crippen molar-refractivity contribution in [1.82, 2.24) is 5.32 Å². The lowest BCUT2D eigenvalue weighted by Gasteiger charge is -2.31. The smallest absolute Gasteiger partial charge is 0.430 e. The third-order valence-electron chi connectivity index (χ3n) is 4.20. The Balaban J connectivity index is 0.00000364. The van der Waals surface area contributed by atoms with E-state index in [1.54, 1.807) is 0 Å². The summed E-state index contributed by atoms with van der Waals surface area (Å²) in [6.07, 6.45) is -5.42. The third-order valence-corrected chi connectivity index (χ3v) is 4.52. The van der Waals surface area contributed by atoms with Gasteiger partial charge in [-0.2, -0.15) is 13.2 Å². The number of rotatable bonds is 6. The van der Waals surface area contributed by atoms with Gasteiger partial charge in [-0.05, 0) is 36.7 Å². The number of aliphatic carboxylic acids is 1. The Morgan fingerprint density at radius 1 is 1.33 bits per heavy atom. The van der Waals surface area contributed by atoms with Crippen LogP contribution in [0, 0.1) is 0 Å². The Labute approximate surface area is 167 Å². The first kappa shape index (κ1) is 23.6. The van der Waals surface area contributed by atoms with E-state index in [0.717, 1.165) is 19.0 Å². The van der Waals surface area contributed by atoms with Gasteiger partial charge >= 0.3 is 12.1 Å². The van der Waals surface area contributed by atoms with Crippen molar-refractivity contribution in [2.75, 3.05) is 13.1 Å². The van der Waals surface area contributed by atoms with Crippen LogP contribution in [0.15, 0.2) is 17.7 Å². The number of carboxylic acid groups (broad SMARTS) is 1. The molecule has 0 amide bonds. The quantitative estimate of drug-likeness (QED) is 0.638. The van der Waals surface area contributed by atoms with Crippen molar-refractivity contribution in [2.45, 2.75) is 44.9 Å². The first-order valence-corrected chi connectivity index (χ1v) is 8.58. The van der Waals surface area contributed by atoms with Crippen molar-refractivity contribution in [3.8, 4) is 5.75 Å². The van der Waals surface area contributed by atoms with Crippen LogP contribution in [0.25, 0.3) is 6.08 Å². The van der Waals surface area contributed by atoms with Crippen LogP contribution in [-0.2, 0) is 10.2 Å². The van der Waals surface area contributed by atoms with Gasteiger partial charge in [-0.1, -0.05) is 32.4 Å². The van der Waals surface area contributed by atoms with Crippen LogP contribution >= 0.6 is 24.0 Å². The van der Waals surface area contributed by atoms with E-state index in [9.17, 15) is 18.0 Å². The van der Waals surface area contributed by atoms with Crippen molar-refractivity contribution in [3.63, 3.8) is 0 Å². The van der Waals surface area contributed by atoms with E-state index in [4.69, 9.17) is 21.4 Å². The summed E-state index contributed by atoms with van der Waals surface area (Å²) >= 11 is 6.33. The first-order valence-electron chi connectivity index (χ1n) is 8.20. The standard InChI is InChI=1S/C18H21ClF3NO3.ClH/c1-4-5-23-9-17(2,3)12-8-14-10(7-13(12)19)6-11(16(24)25)15(26-14)18(20,21)22;/h6-8,15,23H,4-5,9H2,1-3H3,(H,24,25);1H. The molecule has 4 nitrogen and oxygen atoms in total. The molecular weight excluding hydrogens is 406 g/mol. The van der Waals surface area contributed by atoms with Crippen LogP contribution in [0.5, 0.6) is 5.75 Å². The number of halogens is 5. The van der Waals surface area contributed by atoms with Crippen LogP contribution in [0.3, 0.4) is 0 Å². The SMILES string of the molecule is CCCNCC(C)(C)c1cc2c(cc1Cl)C=C(C(=O)O)C(C(F)(F)F)O2.Cl. The number of carboxylic acids is 1. The van der Waals surface area contributed by atoms with E-state index in [0.29, 0.717) is 17.1 Å². The monoisotopic (exact) mass is 427 g/mol. The fourth-order valence-corrected chi connectivity index (χ4v) is 3.25. The topological polar surface area (TPSA) is 58.6 Å². The van der Waals surface area contributed by atoms with Crippen LogP contribution in [0.4, 0.5) is 13.2 Å². The number of carbonyl (C=O) groups is 1. The average Bonchev–Trinajstić information content (AvgIpc) is 2.52. The molecule has 0 radical (unpaired) electrons. The van der Waals surface area contributed by atoms with Crippen molar-refractivity contribution in [3.05, 3.63) is 33.9 Å². The summed E-state index contributed by atoms with van der Waals surface area (Å²) in [5.74, 6) is -1.71. The van der Waals surface area contributed by atoms with Gasteiger partial charge in [0.2, 0.25) is 6.10 Å². The van der Waals surface area contributed by atoms with Crippen molar-refractivity contribution >= 4 is 36.1 Å². The molecule has 1 aliphatic rings. The zero-order valence-corrected chi connectivity index (χ0v) is 16.7. The molecule has 9 heteroatoms. The molecule has 1 unspecified atom stereocenters. The maximum Gasteiger partial charge on any atom is 0.430 e. The number of fused-ring (bicyclic) bond motifs is 1. The Morgan fingerprint density at radius 3 is 2.48 bits per heavy atom. The lowest BCUT2D eigenvalue weighted by Crippen LogP contribution is -2.40. The predicted octanol–water partition coefficient (Wildman–Crippen LogP) is 4.83. The Bertz CT molecular complexity index is 733. The summed E-state index contributed by atoms with van der Waals surface area (Å²) in [6, 6.07) is 2.92. The highest BCUT2D eigenvalue weighted by atomic mass is 35.5. The fraction of sp³-hybridized carbons (Fsp3) is 0.500. The number of hydrogen-bond acceptors (Lipinski definition) is 3. The van der Waals surface area contributed by atoms with Gasteiger partial charge in [-0.3, -0.25) is 0 Å². The molecule has 27 heavy (non-hydrogen) atoms. The van der Waals surface area contributed by atoms with Gasteiger partial charge in [-0.25, -0.2) is 4.79 Å². The van der Waals surface area contributed by atoms with Gasteiger partial charge in [0.25, 0.3) is 0 Å².